The van der Waals surface area contributed by atoms with Crippen molar-refractivity contribution >= 4 is 34.1 Å². The Balaban J connectivity index is 2.24. The summed E-state index contributed by atoms with van der Waals surface area (Å²) in [5.74, 6) is 0.835. The standard InChI is InChI=1S/C9H13IN2O2S/c1-2-14-9(3-5-13-6-4-9)7-11-8(10)15-12-7/h2-6H2,1H3. The Morgan fingerprint density at radius 3 is 2.80 bits per heavy atom. The van der Waals surface area contributed by atoms with Crippen LogP contribution in [0.15, 0.2) is 0 Å². The monoisotopic (exact) mass is 340 g/mol. The van der Waals surface area contributed by atoms with Crippen molar-refractivity contribution in [3.05, 3.63) is 8.84 Å². The second-order valence-electron chi connectivity index (χ2n) is 3.41. The fourth-order valence-electron chi connectivity index (χ4n) is 1.80. The van der Waals surface area contributed by atoms with Crippen molar-refractivity contribution in [2.75, 3.05) is 19.8 Å². The van der Waals surface area contributed by atoms with E-state index in [4.69, 9.17) is 9.47 Å². The molecule has 1 aliphatic rings. The van der Waals surface area contributed by atoms with Crippen molar-refractivity contribution in [3.8, 4) is 0 Å². The molecule has 1 fully saturated rings. The van der Waals surface area contributed by atoms with Gasteiger partial charge in [0.2, 0.25) is 0 Å². The largest absolute Gasteiger partial charge is 0.381 e. The van der Waals surface area contributed by atoms with E-state index in [9.17, 15) is 0 Å². The number of halogens is 1. The lowest BCUT2D eigenvalue weighted by Crippen LogP contribution is -2.37. The molecule has 0 saturated carbocycles. The third-order valence-electron chi connectivity index (χ3n) is 2.53. The second kappa shape index (κ2) is 5.03. The molecule has 1 aliphatic heterocycles. The van der Waals surface area contributed by atoms with Gasteiger partial charge in [0.25, 0.3) is 0 Å². The van der Waals surface area contributed by atoms with Gasteiger partial charge >= 0.3 is 0 Å². The zero-order valence-electron chi connectivity index (χ0n) is 8.53. The molecule has 0 amide bonds. The molecule has 6 heteroatoms. The summed E-state index contributed by atoms with van der Waals surface area (Å²) in [7, 11) is 0. The van der Waals surface area contributed by atoms with Gasteiger partial charge in [0, 0.05) is 32.7 Å². The summed E-state index contributed by atoms with van der Waals surface area (Å²) in [6, 6.07) is 0. The lowest BCUT2D eigenvalue weighted by Gasteiger charge is -2.34. The summed E-state index contributed by atoms with van der Waals surface area (Å²) in [6.45, 7) is 4.16. The van der Waals surface area contributed by atoms with Crippen molar-refractivity contribution in [1.82, 2.24) is 9.36 Å². The quantitative estimate of drug-likeness (QED) is 0.792. The molecule has 1 saturated heterocycles. The van der Waals surface area contributed by atoms with E-state index in [1.807, 2.05) is 6.92 Å². The highest BCUT2D eigenvalue weighted by Gasteiger charge is 2.38. The molecule has 0 unspecified atom stereocenters. The molecule has 2 rings (SSSR count). The predicted molar refractivity (Wildman–Crippen MR) is 66.0 cm³/mol. The molecular weight excluding hydrogens is 327 g/mol. The number of ether oxygens (including phenoxy) is 2. The highest BCUT2D eigenvalue weighted by atomic mass is 127. The number of aromatic nitrogens is 2. The molecule has 0 N–H and O–H groups in total. The number of nitrogens with zero attached hydrogens (tertiary/aromatic N) is 2. The first-order valence-corrected chi connectivity index (χ1v) is 6.83. The summed E-state index contributed by atoms with van der Waals surface area (Å²) in [4.78, 5) is 4.44. The second-order valence-corrected chi connectivity index (χ2v) is 5.92. The highest BCUT2D eigenvalue weighted by Crippen LogP contribution is 2.34. The molecule has 0 spiro atoms. The molecule has 1 aromatic rings. The van der Waals surface area contributed by atoms with Crippen LogP contribution in [0.5, 0.6) is 0 Å². The van der Waals surface area contributed by atoms with Crippen LogP contribution >= 0.6 is 34.1 Å². The average molecular weight is 340 g/mol. The van der Waals surface area contributed by atoms with Crippen molar-refractivity contribution in [2.45, 2.75) is 25.4 Å². The summed E-state index contributed by atoms with van der Waals surface area (Å²) in [5.41, 5.74) is -0.299. The van der Waals surface area contributed by atoms with Gasteiger partial charge in [0.15, 0.2) is 8.84 Å². The van der Waals surface area contributed by atoms with Gasteiger partial charge in [-0.25, -0.2) is 4.98 Å². The van der Waals surface area contributed by atoms with E-state index in [0.717, 1.165) is 34.9 Å². The first kappa shape index (κ1) is 11.7. The molecule has 0 bridgehead atoms. The van der Waals surface area contributed by atoms with Gasteiger partial charge in [-0.2, -0.15) is 4.37 Å². The van der Waals surface area contributed by atoms with Crippen LogP contribution < -0.4 is 0 Å². The molecule has 0 aliphatic carbocycles. The maximum absolute atomic E-state index is 5.87. The van der Waals surface area contributed by atoms with Crippen molar-refractivity contribution in [3.63, 3.8) is 0 Å². The van der Waals surface area contributed by atoms with E-state index in [1.165, 1.54) is 11.5 Å². The summed E-state index contributed by atoms with van der Waals surface area (Å²) >= 11 is 3.62. The minimum Gasteiger partial charge on any atom is -0.381 e. The Morgan fingerprint density at radius 1 is 1.53 bits per heavy atom. The molecule has 1 aromatic heterocycles. The van der Waals surface area contributed by atoms with E-state index >= 15 is 0 Å². The van der Waals surface area contributed by atoms with Crippen LogP contribution in [-0.2, 0) is 15.1 Å². The molecule has 0 atom stereocenters. The zero-order valence-corrected chi connectivity index (χ0v) is 11.5. The lowest BCUT2D eigenvalue weighted by atomic mass is 9.93. The fourth-order valence-corrected chi connectivity index (χ4v) is 2.82. The molecule has 0 aromatic carbocycles. The highest BCUT2D eigenvalue weighted by molar-refractivity contribution is 14.1. The van der Waals surface area contributed by atoms with Crippen LogP contribution in [0.1, 0.15) is 25.6 Å². The summed E-state index contributed by atoms with van der Waals surface area (Å²) in [5, 5.41) is 0. The Kier molecular flexibility index (Phi) is 3.92. The molecule has 2 heterocycles. The van der Waals surface area contributed by atoms with Crippen molar-refractivity contribution in [1.29, 1.82) is 0 Å². The van der Waals surface area contributed by atoms with E-state index < -0.39 is 0 Å². The minimum atomic E-state index is -0.299. The van der Waals surface area contributed by atoms with E-state index in [1.54, 1.807) is 0 Å². The van der Waals surface area contributed by atoms with Gasteiger partial charge < -0.3 is 9.47 Å². The van der Waals surface area contributed by atoms with Gasteiger partial charge in [-0.15, -0.1) is 0 Å². The predicted octanol–water partition coefficient (Wildman–Crippen LogP) is 2.18. The van der Waals surface area contributed by atoms with Crippen LogP contribution in [0.3, 0.4) is 0 Å². The van der Waals surface area contributed by atoms with Crippen LogP contribution in [0.25, 0.3) is 0 Å². The summed E-state index contributed by atoms with van der Waals surface area (Å²) in [6.07, 6.45) is 1.71. The van der Waals surface area contributed by atoms with Crippen molar-refractivity contribution in [2.24, 2.45) is 0 Å². The molecule has 0 radical (unpaired) electrons. The van der Waals surface area contributed by atoms with Crippen LogP contribution in [-0.4, -0.2) is 29.2 Å². The first-order chi connectivity index (χ1) is 7.27. The van der Waals surface area contributed by atoms with E-state index in [0.29, 0.717) is 6.61 Å². The van der Waals surface area contributed by atoms with Gasteiger partial charge in [0.1, 0.15) is 5.60 Å². The topological polar surface area (TPSA) is 44.2 Å². The van der Waals surface area contributed by atoms with E-state index in [-0.39, 0.29) is 5.60 Å². The van der Waals surface area contributed by atoms with Crippen LogP contribution in [0, 0.1) is 3.01 Å². The Hall–Kier alpha value is 0.210. The lowest BCUT2D eigenvalue weighted by molar-refractivity contribution is -0.117. The Bertz CT molecular complexity index is 320. The van der Waals surface area contributed by atoms with E-state index in [2.05, 4.69) is 31.9 Å². The Labute approximate surface area is 107 Å². The molecule has 15 heavy (non-hydrogen) atoms. The summed E-state index contributed by atoms with van der Waals surface area (Å²) < 4.78 is 16.6. The maximum atomic E-state index is 5.87. The normalized spacial score (nSPS) is 20.4. The fraction of sp³-hybridized carbons (Fsp3) is 0.778. The number of hydrogen-bond acceptors (Lipinski definition) is 5. The molecule has 4 nitrogen and oxygen atoms in total. The Morgan fingerprint density at radius 2 is 2.27 bits per heavy atom. The number of hydrogen-bond donors (Lipinski definition) is 0. The van der Waals surface area contributed by atoms with Gasteiger partial charge in [-0.05, 0) is 41.0 Å². The smallest absolute Gasteiger partial charge is 0.175 e. The van der Waals surface area contributed by atoms with Gasteiger partial charge in [-0.1, -0.05) is 0 Å². The molecular formula is C9H13IN2O2S. The van der Waals surface area contributed by atoms with Crippen LogP contribution in [0.2, 0.25) is 0 Å². The third kappa shape index (κ3) is 2.48. The minimum absolute atomic E-state index is 0.299. The maximum Gasteiger partial charge on any atom is 0.175 e. The third-order valence-corrected chi connectivity index (χ3v) is 3.87. The van der Waals surface area contributed by atoms with Crippen LogP contribution in [0.4, 0.5) is 0 Å². The zero-order chi connectivity index (χ0) is 10.7. The first-order valence-electron chi connectivity index (χ1n) is 4.98. The van der Waals surface area contributed by atoms with Gasteiger partial charge in [0.05, 0.1) is 0 Å². The average Bonchev–Trinajstić information content (AvgIpc) is 2.67. The van der Waals surface area contributed by atoms with Crippen molar-refractivity contribution < 1.29 is 9.47 Å². The van der Waals surface area contributed by atoms with Gasteiger partial charge in [-0.3, -0.25) is 0 Å². The molecule has 84 valence electrons. The SMILES string of the molecule is CCOC1(c2nsc(I)n2)CCOCC1. The number of rotatable bonds is 3.